The number of hydrogen-bond donors (Lipinski definition) is 1. The van der Waals surface area contributed by atoms with Crippen LogP contribution in [0.2, 0.25) is 0 Å². The van der Waals surface area contributed by atoms with Gasteiger partial charge in [0.25, 0.3) is 0 Å². The normalized spacial score (nSPS) is 15.6. The van der Waals surface area contributed by atoms with Gasteiger partial charge in [-0.25, -0.2) is 0 Å². The Morgan fingerprint density at radius 2 is 1.23 bits per heavy atom. The average molecular weight is 817 g/mol. The predicted octanol–water partition coefficient (Wildman–Crippen LogP) is 15.6. The van der Waals surface area contributed by atoms with Gasteiger partial charge in [0.2, 0.25) is 0 Å². The van der Waals surface area contributed by atoms with Gasteiger partial charge in [0.05, 0.1) is 22.6 Å². The fraction of sp³-hybridized carbons (Fsp3) is 0.172. The van der Waals surface area contributed by atoms with Crippen LogP contribution in [0.4, 0.5) is 11.4 Å². The SMILES string of the molecule is [B]c1ccc(N2C(c3cc4c(cc3C)C(C)(C)CCC4(C)C)=C(C)Sc3c(-c4cccc5c4[nH]c4ccc6ccccc6c45)cc(-c4ccccc4)cc32)c(-c2ccccc2)c1. The first-order chi connectivity index (χ1) is 30.0. The summed E-state index contributed by atoms with van der Waals surface area (Å²) in [5.74, 6) is 0. The van der Waals surface area contributed by atoms with Crippen LogP contribution in [0, 0.1) is 6.92 Å². The minimum Gasteiger partial charge on any atom is -0.354 e. The fourth-order valence-electron chi connectivity index (χ4n) is 10.4. The van der Waals surface area contributed by atoms with Gasteiger partial charge in [0.1, 0.15) is 7.85 Å². The molecule has 62 heavy (non-hydrogen) atoms. The van der Waals surface area contributed by atoms with Crippen molar-refractivity contribution >= 4 is 74.7 Å². The molecule has 0 fully saturated rings. The van der Waals surface area contributed by atoms with Gasteiger partial charge >= 0.3 is 0 Å². The van der Waals surface area contributed by atoms with Crippen LogP contribution in [-0.2, 0) is 10.8 Å². The third-order valence-corrected chi connectivity index (χ3v) is 15.0. The number of nitrogens with one attached hydrogen (secondary N) is 1. The highest BCUT2D eigenvalue weighted by Crippen LogP contribution is 2.57. The molecular weight excluding hydrogens is 768 g/mol. The first-order valence-electron chi connectivity index (χ1n) is 21.9. The molecule has 300 valence electrons. The van der Waals surface area contributed by atoms with E-state index in [0.717, 1.165) is 45.4 Å². The molecule has 1 aliphatic heterocycles. The van der Waals surface area contributed by atoms with Gasteiger partial charge in [-0.3, -0.25) is 0 Å². The van der Waals surface area contributed by atoms with Crippen LogP contribution in [0.25, 0.3) is 71.7 Å². The van der Waals surface area contributed by atoms with Crippen LogP contribution in [0.1, 0.15) is 69.7 Å². The average Bonchev–Trinajstić information content (AvgIpc) is 3.68. The standard InChI is InChI=1S/C58H49BN2S/c1-35-30-48-49(58(5,6)29-28-57(48,3)4)34-45(35)55-36(2)62-56-47(43-22-15-23-44-53-42-21-14-13-20-39(42)24-26-50(53)60-54(43)44)31-40(37-16-9-7-10-17-37)32-52(56)61(55)51-27-25-41(59)33-46(51)38-18-11-8-12-19-38/h7-27,30-34,60H,28-29H2,1-6H3. The number of aromatic nitrogens is 1. The Morgan fingerprint density at radius 3 is 1.98 bits per heavy atom. The largest absolute Gasteiger partial charge is 0.354 e. The second-order valence-corrected chi connectivity index (χ2v) is 20.0. The van der Waals surface area contributed by atoms with Gasteiger partial charge < -0.3 is 9.88 Å². The quantitative estimate of drug-likeness (QED) is 0.175. The zero-order valence-corrected chi connectivity index (χ0v) is 37.2. The number of rotatable bonds is 5. The summed E-state index contributed by atoms with van der Waals surface area (Å²) in [4.78, 5) is 9.00. The second kappa shape index (κ2) is 14.4. The van der Waals surface area contributed by atoms with Crippen molar-refractivity contribution in [3.8, 4) is 33.4 Å². The molecule has 2 heterocycles. The first-order valence-corrected chi connectivity index (χ1v) is 22.7. The Bertz CT molecular complexity index is 3300. The number of thioether (sulfide) groups is 1. The highest BCUT2D eigenvalue weighted by atomic mass is 32.2. The summed E-state index contributed by atoms with van der Waals surface area (Å²) < 4.78 is 0. The van der Waals surface area contributed by atoms with Crippen molar-refractivity contribution in [1.29, 1.82) is 0 Å². The van der Waals surface area contributed by atoms with Gasteiger partial charge in [0, 0.05) is 48.3 Å². The zero-order valence-electron chi connectivity index (χ0n) is 36.4. The van der Waals surface area contributed by atoms with Gasteiger partial charge in [-0.15, -0.1) is 0 Å². The summed E-state index contributed by atoms with van der Waals surface area (Å²) in [6.45, 7) is 14.4. The van der Waals surface area contributed by atoms with E-state index in [9.17, 15) is 0 Å². The molecule has 0 atom stereocenters. The molecule has 0 amide bonds. The smallest absolute Gasteiger partial charge is 0.113 e. The van der Waals surface area contributed by atoms with E-state index < -0.39 is 0 Å². The molecule has 2 aliphatic rings. The maximum atomic E-state index is 6.70. The van der Waals surface area contributed by atoms with Crippen molar-refractivity contribution in [2.45, 2.75) is 70.1 Å². The number of allylic oxidation sites excluding steroid dienone is 1. The van der Waals surface area contributed by atoms with Crippen molar-refractivity contribution in [3.05, 3.63) is 185 Å². The Labute approximate surface area is 371 Å². The summed E-state index contributed by atoms with van der Waals surface area (Å²) >= 11 is 1.91. The number of aromatic amines is 1. The third-order valence-electron chi connectivity index (χ3n) is 13.8. The van der Waals surface area contributed by atoms with Crippen LogP contribution in [0.3, 0.4) is 0 Å². The molecule has 1 N–H and O–H groups in total. The molecular formula is C58H49BN2S. The summed E-state index contributed by atoms with van der Waals surface area (Å²) in [5, 5.41) is 5.01. The maximum absolute atomic E-state index is 6.70. The molecule has 11 rings (SSSR count). The van der Waals surface area contributed by atoms with Crippen LogP contribution in [-0.4, -0.2) is 12.8 Å². The van der Waals surface area contributed by atoms with Crippen molar-refractivity contribution in [2.24, 2.45) is 0 Å². The lowest BCUT2D eigenvalue weighted by Gasteiger charge is -2.43. The predicted molar refractivity (Wildman–Crippen MR) is 269 cm³/mol. The molecule has 8 aromatic carbocycles. The lowest BCUT2D eigenvalue weighted by molar-refractivity contribution is 0.331. The van der Waals surface area contributed by atoms with Gasteiger partial charge in [0.15, 0.2) is 0 Å². The number of nitrogens with zero attached hydrogens (tertiary/aromatic N) is 1. The molecule has 0 unspecified atom stereocenters. The molecule has 0 saturated carbocycles. The van der Waals surface area contributed by atoms with E-state index in [2.05, 4.69) is 209 Å². The van der Waals surface area contributed by atoms with E-state index in [0.29, 0.717) is 0 Å². The summed E-state index contributed by atoms with van der Waals surface area (Å²) in [7, 11) is 6.70. The van der Waals surface area contributed by atoms with Crippen molar-refractivity contribution in [3.63, 3.8) is 0 Å². The van der Waals surface area contributed by atoms with Gasteiger partial charge in [-0.2, -0.15) is 0 Å². The van der Waals surface area contributed by atoms with E-state index in [1.54, 1.807) is 0 Å². The fourth-order valence-corrected chi connectivity index (χ4v) is 11.6. The summed E-state index contributed by atoms with van der Waals surface area (Å²) in [6.07, 6.45) is 2.34. The number of para-hydroxylation sites is 1. The van der Waals surface area contributed by atoms with E-state index in [-0.39, 0.29) is 10.8 Å². The minimum absolute atomic E-state index is 0.0555. The molecule has 2 nitrogen and oxygen atoms in total. The lowest BCUT2D eigenvalue weighted by atomic mass is 9.62. The Hall–Kier alpha value is -6.23. The number of hydrogen-bond acceptors (Lipinski definition) is 2. The van der Waals surface area contributed by atoms with E-state index in [1.165, 1.54) is 88.0 Å². The molecule has 1 aliphatic carbocycles. The Morgan fingerprint density at radius 1 is 0.548 bits per heavy atom. The van der Waals surface area contributed by atoms with Crippen molar-refractivity contribution in [2.75, 3.05) is 4.90 Å². The third kappa shape index (κ3) is 6.17. The zero-order chi connectivity index (χ0) is 42.5. The molecule has 0 spiro atoms. The number of anilines is 2. The Balaban J connectivity index is 1.24. The summed E-state index contributed by atoms with van der Waals surface area (Å²) in [6, 6.07) is 58.0. The molecule has 1 aromatic heterocycles. The number of H-pyrrole nitrogens is 1. The van der Waals surface area contributed by atoms with Crippen LogP contribution < -0.4 is 10.4 Å². The van der Waals surface area contributed by atoms with E-state index >= 15 is 0 Å². The van der Waals surface area contributed by atoms with E-state index in [1.807, 2.05) is 11.8 Å². The monoisotopic (exact) mass is 816 g/mol. The van der Waals surface area contributed by atoms with Crippen LogP contribution in [0.5, 0.6) is 0 Å². The maximum Gasteiger partial charge on any atom is 0.113 e. The van der Waals surface area contributed by atoms with Crippen molar-refractivity contribution in [1.82, 2.24) is 4.98 Å². The molecule has 9 aromatic rings. The highest BCUT2D eigenvalue weighted by molar-refractivity contribution is 8.03. The first kappa shape index (κ1) is 38.7. The number of benzene rings is 8. The van der Waals surface area contributed by atoms with Gasteiger partial charge in [-0.05, 0) is 112 Å². The van der Waals surface area contributed by atoms with Crippen LogP contribution >= 0.6 is 11.8 Å². The lowest BCUT2D eigenvalue weighted by Crippen LogP contribution is -2.34. The van der Waals surface area contributed by atoms with E-state index in [4.69, 9.17) is 7.85 Å². The molecule has 4 heteroatoms. The molecule has 0 saturated heterocycles. The molecule has 2 radical (unpaired) electrons. The number of aryl methyl sites for hydroxylation is 1. The summed E-state index contributed by atoms with van der Waals surface area (Å²) in [5.41, 5.74) is 19.2. The van der Waals surface area contributed by atoms with Crippen molar-refractivity contribution < 1.29 is 0 Å². The second-order valence-electron chi connectivity index (χ2n) is 18.8. The Kier molecular flexibility index (Phi) is 9.00. The van der Waals surface area contributed by atoms with Crippen LogP contribution in [0.15, 0.2) is 168 Å². The topological polar surface area (TPSA) is 19.0 Å². The minimum atomic E-state index is 0.0555. The number of fused-ring (bicyclic) bond motifs is 7. The molecule has 0 bridgehead atoms. The van der Waals surface area contributed by atoms with Gasteiger partial charge in [-0.1, -0.05) is 172 Å². The highest BCUT2D eigenvalue weighted by Gasteiger charge is 2.39.